The third-order valence-corrected chi connectivity index (χ3v) is 3.92. The van der Waals surface area contributed by atoms with Crippen molar-refractivity contribution < 1.29 is 54.3 Å². The highest BCUT2D eigenvalue weighted by Gasteiger charge is 2.50. The molecule has 23 heavy (non-hydrogen) atoms. The van der Waals surface area contributed by atoms with Crippen LogP contribution in [0.1, 0.15) is 0 Å². The lowest BCUT2D eigenvalue weighted by molar-refractivity contribution is -0.370. The van der Waals surface area contributed by atoms with Gasteiger partial charge in [-0.25, -0.2) is 4.39 Å². The van der Waals surface area contributed by atoms with Crippen LogP contribution in [0.3, 0.4) is 0 Å². The maximum Gasteiger partial charge on any atom is 0.195 e. The van der Waals surface area contributed by atoms with E-state index in [1.54, 1.807) is 0 Å². The van der Waals surface area contributed by atoms with Gasteiger partial charge >= 0.3 is 0 Å². The first-order valence-corrected chi connectivity index (χ1v) is 7.04. The molecule has 0 aromatic rings. The smallest absolute Gasteiger partial charge is 0.195 e. The second-order valence-electron chi connectivity index (χ2n) is 5.48. The molecule has 10 nitrogen and oxygen atoms in total. The molecule has 0 amide bonds. The lowest BCUT2D eigenvalue weighted by Gasteiger charge is -2.43. The minimum Gasteiger partial charge on any atom is -0.394 e. The van der Waals surface area contributed by atoms with Crippen LogP contribution in [0.2, 0.25) is 0 Å². The van der Waals surface area contributed by atoms with Crippen LogP contribution in [0.15, 0.2) is 0 Å². The Morgan fingerprint density at radius 1 is 0.696 bits per heavy atom. The predicted molar refractivity (Wildman–Crippen MR) is 67.5 cm³/mol. The SMILES string of the molecule is OC[C@H]1O[C@H](O[C@H]2O[C@H](CO)[C@@H](O)[C@H](O)[C@H]2F)[C@H](O)[C@@H](O)[C@@H]1O. The third-order valence-electron chi connectivity index (χ3n) is 3.92. The summed E-state index contributed by atoms with van der Waals surface area (Å²) in [7, 11) is 0. The zero-order valence-corrected chi connectivity index (χ0v) is 11.9. The molecule has 2 fully saturated rings. The van der Waals surface area contributed by atoms with Crippen LogP contribution in [0.4, 0.5) is 4.39 Å². The largest absolute Gasteiger partial charge is 0.394 e. The number of halogens is 1. The Morgan fingerprint density at radius 3 is 1.70 bits per heavy atom. The molecule has 10 atom stereocenters. The fraction of sp³-hybridized carbons (Fsp3) is 1.00. The molecule has 0 unspecified atom stereocenters. The Kier molecular flexibility index (Phi) is 6.24. The number of hydrogen-bond donors (Lipinski definition) is 7. The summed E-state index contributed by atoms with van der Waals surface area (Å²) >= 11 is 0. The Balaban J connectivity index is 2.07. The third kappa shape index (κ3) is 3.64. The summed E-state index contributed by atoms with van der Waals surface area (Å²) in [5.74, 6) is 0. The quantitative estimate of drug-likeness (QED) is 0.264. The van der Waals surface area contributed by atoms with Gasteiger partial charge < -0.3 is 50.0 Å². The van der Waals surface area contributed by atoms with Crippen LogP contribution >= 0.6 is 0 Å². The highest BCUT2D eigenvalue weighted by Crippen LogP contribution is 2.29. The molecule has 0 saturated carbocycles. The van der Waals surface area contributed by atoms with Crippen LogP contribution in [0.25, 0.3) is 0 Å². The first-order valence-electron chi connectivity index (χ1n) is 7.04. The van der Waals surface area contributed by atoms with E-state index in [0.717, 1.165) is 0 Å². The van der Waals surface area contributed by atoms with Gasteiger partial charge in [-0.1, -0.05) is 0 Å². The van der Waals surface area contributed by atoms with E-state index in [2.05, 4.69) is 0 Å². The summed E-state index contributed by atoms with van der Waals surface area (Å²) in [6.45, 7) is -1.42. The summed E-state index contributed by atoms with van der Waals surface area (Å²) in [6, 6.07) is 0. The molecule has 2 aliphatic heterocycles. The molecular weight excluding hydrogens is 323 g/mol. The van der Waals surface area contributed by atoms with E-state index in [-0.39, 0.29) is 0 Å². The summed E-state index contributed by atoms with van der Waals surface area (Å²) in [5.41, 5.74) is 0. The van der Waals surface area contributed by atoms with Gasteiger partial charge in [-0.15, -0.1) is 0 Å². The standard InChI is InChI=1S/C12H21FO10/c13-5-8(18)6(16)3(1-14)21-11(5)23-12-10(20)9(19)7(17)4(2-15)22-12/h3-12,14-20H,1-2H2/t3-,4-,5-,6-,7-,8-,9+,10-,11-,12-/m1/s1. The highest BCUT2D eigenvalue weighted by atomic mass is 19.1. The molecule has 136 valence electrons. The van der Waals surface area contributed by atoms with Gasteiger partial charge in [0.05, 0.1) is 13.2 Å². The van der Waals surface area contributed by atoms with E-state index >= 15 is 0 Å². The first kappa shape index (κ1) is 18.9. The fourth-order valence-electron chi connectivity index (χ4n) is 2.47. The Morgan fingerprint density at radius 2 is 1.17 bits per heavy atom. The Bertz CT molecular complexity index is 349. The van der Waals surface area contributed by atoms with Crippen LogP contribution in [-0.4, -0.2) is 110 Å². The topological polar surface area (TPSA) is 169 Å². The minimum absolute atomic E-state index is 0.698. The molecule has 0 aromatic heterocycles. The van der Waals surface area contributed by atoms with E-state index in [4.69, 9.17) is 24.4 Å². The fourth-order valence-corrected chi connectivity index (χ4v) is 2.47. The average Bonchev–Trinajstić information content (AvgIpc) is 2.55. The molecule has 0 aromatic carbocycles. The number of alkyl halides is 1. The highest BCUT2D eigenvalue weighted by molar-refractivity contribution is 4.92. The second kappa shape index (κ2) is 7.61. The Labute approximate surface area is 130 Å². The maximum atomic E-state index is 14.0. The first-order chi connectivity index (χ1) is 10.8. The summed E-state index contributed by atoms with van der Waals surface area (Å²) in [4.78, 5) is 0. The van der Waals surface area contributed by atoms with Gasteiger partial charge in [0.15, 0.2) is 18.8 Å². The maximum absolute atomic E-state index is 14.0. The van der Waals surface area contributed by atoms with E-state index in [0.29, 0.717) is 0 Å². The van der Waals surface area contributed by atoms with Gasteiger partial charge in [0.2, 0.25) is 0 Å². The van der Waals surface area contributed by atoms with Crippen LogP contribution < -0.4 is 0 Å². The molecule has 11 heteroatoms. The Hall–Kier alpha value is -0.470. The molecular formula is C12H21FO10. The van der Waals surface area contributed by atoms with Crippen molar-refractivity contribution in [2.75, 3.05) is 13.2 Å². The van der Waals surface area contributed by atoms with Crippen LogP contribution in [0.5, 0.6) is 0 Å². The second-order valence-corrected chi connectivity index (χ2v) is 5.48. The van der Waals surface area contributed by atoms with Crippen molar-refractivity contribution in [1.29, 1.82) is 0 Å². The predicted octanol–water partition coefficient (Wildman–Crippen LogP) is -4.42. The zero-order valence-electron chi connectivity index (χ0n) is 11.9. The van der Waals surface area contributed by atoms with Gasteiger partial charge in [0, 0.05) is 0 Å². The van der Waals surface area contributed by atoms with Crippen molar-refractivity contribution in [3.8, 4) is 0 Å². The van der Waals surface area contributed by atoms with Gasteiger partial charge in [-0.2, -0.15) is 0 Å². The number of aliphatic hydroxyl groups excluding tert-OH is 7. The van der Waals surface area contributed by atoms with Gasteiger partial charge in [0.1, 0.15) is 42.7 Å². The molecule has 2 rings (SSSR count). The number of hydrogen-bond acceptors (Lipinski definition) is 10. The normalized spacial score (nSPS) is 51.7. The van der Waals surface area contributed by atoms with Gasteiger partial charge in [-0.05, 0) is 0 Å². The molecule has 0 aliphatic carbocycles. The molecule has 0 spiro atoms. The summed E-state index contributed by atoms with van der Waals surface area (Å²) in [6.07, 6.45) is -17.0. The molecule has 2 saturated heterocycles. The van der Waals surface area contributed by atoms with E-state index in [9.17, 15) is 29.9 Å². The summed E-state index contributed by atoms with van der Waals surface area (Å²) in [5, 5.41) is 66.2. The molecule has 0 bridgehead atoms. The van der Waals surface area contributed by atoms with Crippen molar-refractivity contribution in [3.63, 3.8) is 0 Å². The average molecular weight is 344 g/mol. The summed E-state index contributed by atoms with van der Waals surface area (Å²) < 4.78 is 29.0. The minimum atomic E-state index is -2.22. The van der Waals surface area contributed by atoms with Crippen molar-refractivity contribution in [2.45, 2.75) is 61.5 Å². The van der Waals surface area contributed by atoms with E-state index < -0.39 is 74.7 Å². The lowest BCUT2D eigenvalue weighted by Crippen LogP contribution is -2.63. The van der Waals surface area contributed by atoms with Crippen LogP contribution in [-0.2, 0) is 14.2 Å². The van der Waals surface area contributed by atoms with Crippen molar-refractivity contribution in [1.82, 2.24) is 0 Å². The van der Waals surface area contributed by atoms with Crippen molar-refractivity contribution in [2.24, 2.45) is 0 Å². The van der Waals surface area contributed by atoms with Gasteiger partial charge in [0.25, 0.3) is 0 Å². The molecule has 0 radical (unpaired) electrons. The molecule has 2 aliphatic rings. The van der Waals surface area contributed by atoms with E-state index in [1.807, 2.05) is 0 Å². The van der Waals surface area contributed by atoms with E-state index in [1.165, 1.54) is 0 Å². The number of rotatable bonds is 4. The molecule has 2 heterocycles. The van der Waals surface area contributed by atoms with Gasteiger partial charge in [-0.3, -0.25) is 0 Å². The van der Waals surface area contributed by atoms with Crippen molar-refractivity contribution in [3.05, 3.63) is 0 Å². The molecule has 7 N–H and O–H groups in total. The number of ether oxygens (including phenoxy) is 3. The lowest BCUT2D eigenvalue weighted by atomic mass is 9.98. The number of aliphatic hydroxyl groups is 7. The monoisotopic (exact) mass is 344 g/mol. The van der Waals surface area contributed by atoms with Crippen LogP contribution in [0, 0.1) is 0 Å². The zero-order chi connectivity index (χ0) is 17.3. The van der Waals surface area contributed by atoms with Crippen molar-refractivity contribution >= 4 is 0 Å².